The van der Waals surface area contributed by atoms with Crippen LogP contribution in [0.15, 0.2) is 47.5 Å². The Balaban J connectivity index is 1.40. The predicted molar refractivity (Wildman–Crippen MR) is 100 cm³/mol. The Labute approximate surface area is 151 Å². The van der Waals surface area contributed by atoms with Crippen molar-refractivity contribution in [3.63, 3.8) is 0 Å². The second kappa shape index (κ2) is 7.15. The Morgan fingerprint density at radius 3 is 3.04 bits per heavy atom. The first-order chi connectivity index (χ1) is 12.7. The van der Waals surface area contributed by atoms with E-state index in [1.165, 1.54) is 17.1 Å². The molecule has 4 rings (SSSR count). The van der Waals surface area contributed by atoms with Gasteiger partial charge in [0.15, 0.2) is 0 Å². The molecule has 1 amide bonds. The van der Waals surface area contributed by atoms with Gasteiger partial charge in [-0.1, -0.05) is 18.2 Å². The number of piperidine rings is 1. The minimum Gasteiger partial charge on any atom is -0.361 e. The number of amides is 1. The second-order valence-electron chi connectivity index (χ2n) is 6.87. The van der Waals surface area contributed by atoms with E-state index in [2.05, 4.69) is 21.0 Å². The third-order valence-electron chi connectivity index (χ3n) is 5.19. The molecule has 6 nitrogen and oxygen atoms in total. The summed E-state index contributed by atoms with van der Waals surface area (Å²) in [6.45, 7) is 1.45. The van der Waals surface area contributed by atoms with Gasteiger partial charge < -0.3 is 14.9 Å². The van der Waals surface area contributed by atoms with Crippen molar-refractivity contribution in [1.82, 2.24) is 19.9 Å². The number of carbonyl (C=O) groups is 1. The molecule has 1 saturated heterocycles. The molecule has 26 heavy (non-hydrogen) atoms. The van der Waals surface area contributed by atoms with E-state index in [4.69, 9.17) is 0 Å². The number of aryl methyl sites for hydroxylation is 1. The van der Waals surface area contributed by atoms with Crippen molar-refractivity contribution in [2.75, 3.05) is 13.1 Å². The molecule has 1 unspecified atom stereocenters. The molecule has 3 aromatic rings. The van der Waals surface area contributed by atoms with Crippen LogP contribution in [0.1, 0.15) is 36.4 Å². The van der Waals surface area contributed by atoms with Crippen molar-refractivity contribution in [3.05, 3.63) is 64.5 Å². The van der Waals surface area contributed by atoms with Gasteiger partial charge in [-0.05, 0) is 37.0 Å². The number of benzene rings is 1. The molecule has 0 saturated carbocycles. The topological polar surface area (TPSA) is 81.8 Å². The summed E-state index contributed by atoms with van der Waals surface area (Å²) in [4.78, 5) is 35.8. The van der Waals surface area contributed by atoms with Crippen LogP contribution in [-0.2, 0) is 11.2 Å². The lowest BCUT2D eigenvalue weighted by atomic mass is 9.94. The number of fused-ring (bicyclic) bond motifs is 1. The summed E-state index contributed by atoms with van der Waals surface area (Å²) in [5.41, 5.74) is 2.83. The number of nitrogens with zero attached hydrogens (tertiary/aromatic N) is 2. The number of hydrogen-bond donors (Lipinski definition) is 2. The normalized spacial score (nSPS) is 17.5. The first kappa shape index (κ1) is 16.6. The van der Waals surface area contributed by atoms with E-state index in [9.17, 15) is 9.59 Å². The Morgan fingerprint density at radius 1 is 1.27 bits per heavy atom. The van der Waals surface area contributed by atoms with Crippen LogP contribution in [-0.4, -0.2) is 38.8 Å². The van der Waals surface area contributed by atoms with E-state index >= 15 is 0 Å². The lowest BCUT2D eigenvalue weighted by Crippen LogP contribution is -2.39. The highest BCUT2D eigenvalue weighted by atomic mass is 16.2. The fourth-order valence-corrected chi connectivity index (χ4v) is 3.82. The van der Waals surface area contributed by atoms with Crippen LogP contribution >= 0.6 is 0 Å². The van der Waals surface area contributed by atoms with E-state index in [1.807, 2.05) is 35.4 Å². The summed E-state index contributed by atoms with van der Waals surface area (Å²) < 4.78 is 0. The lowest BCUT2D eigenvalue weighted by Gasteiger charge is -2.32. The van der Waals surface area contributed by atoms with Gasteiger partial charge in [0, 0.05) is 54.4 Å². The fraction of sp³-hybridized carbons (Fsp3) is 0.350. The van der Waals surface area contributed by atoms with Crippen molar-refractivity contribution in [3.8, 4) is 0 Å². The zero-order valence-electron chi connectivity index (χ0n) is 14.6. The quantitative estimate of drug-likeness (QED) is 0.759. The minimum absolute atomic E-state index is 0.177. The molecule has 2 N–H and O–H groups in total. The lowest BCUT2D eigenvalue weighted by molar-refractivity contribution is -0.132. The molecule has 0 aliphatic carbocycles. The zero-order chi connectivity index (χ0) is 17.9. The van der Waals surface area contributed by atoms with Crippen molar-refractivity contribution < 1.29 is 4.79 Å². The molecule has 0 bridgehead atoms. The molecule has 0 radical (unpaired) electrons. The number of nitrogens with one attached hydrogen (secondary N) is 2. The molecular formula is C20H22N4O2. The molecule has 1 fully saturated rings. The van der Waals surface area contributed by atoms with Crippen LogP contribution in [0.3, 0.4) is 0 Å². The first-order valence-electron chi connectivity index (χ1n) is 9.09. The number of H-pyrrole nitrogens is 2. The molecule has 2 aromatic heterocycles. The van der Waals surface area contributed by atoms with Gasteiger partial charge in [0.05, 0.1) is 0 Å². The fourth-order valence-electron chi connectivity index (χ4n) is 3.82. The van der Waals surface area contributed by atoms with E-state index in [1.54, 1.807) is 0 Å². The maximum Gasteiger partial charge on any atom is 0.345 e. The molecular weight excluding hydrogens is 328 g/mol. The van der Waals surface area contributed by atoms with E-state index < -0.39 is 0 Å². The highest BCUT2D eigenvalue weighted by Crippen LogP contribution is 2.26. The largest absolute Gasteiger partial charge is 0.361 e. The Kier molecular flexibility index (Phi) is 4.56. The highest BCUT2D eigenvalue weighted by molar-refractivity contribution is 5.84. The average molecular weight is 350 g/mol. The predicted octanol–water partition coefficient (Wildman–Crippen LogP) is 2.59. The van der Waals surface area contributed by atoms with Crippen molar-refractivity contribution in [2.45, 2.75) is 31.6 Å². The van der Waals surface area contributed by atoms with Gasteiger partial charge in [0.25, 0.3) is 0 Å². The molecule has 1 atom stereocenters. The summed E-state index contributed by atoms with van der Waals surface area (Å²) in [7, 11) is 0. The van der Waals surface area contributed by atoms with Crippen molar-refractivity contribution in [1.29, 1.82) is 0 Å². The number of aromatic amines is 2. The molecule has 6 heteroatoms. The van der Waals surface area contributed by atoms with Crippen LogP contribution in [0.25, 0.3) is 10.9 Å². The van der Waals surface area contributed by atoms with Crippen LogP contribution in [0.5, 0.6) is 0 Å². The molecule has 1 aliphatic heterocycles. The molecule has 3 heterocycles. The van der Waals surface area contributed by atoms with E-state index in [0.717, 1.165) is 37.0 Å². The maximum atomic E-state index is 12.7. The first-order valence-corrected chi connectivity index (χ1v) is 9.09. The number of aromatic nitrogens is 3. The van der Waals surface area contributed by atoms with Gasteiger partial charge in [-0.25, -0.2) is 9.78 Å². The number of carbonyl (C=O) groups excluding carboxylic acids is 1. The van der Waals surface area contributed by atoms with E-state index in [0.29, 0.717) is 13.0 Å². The number of likely N-dealkylation sites (tertiary alicyclic amines) is 1. The van der Waals surface area contributed by atoms with Crippen LogP contribution in [0, 0.1) is 0 Å². The standard InChI is InChI=1S/C20H22N4O2/c25-19(8-7-14-12-22-18-6-2-1-5-16(14)18)24-11-3-4-15(13-24)17-9-10-21-20(26)23-17/h1-2,5-6,9-10,12,15,22H,3-4,7-8,11,13H2,(H,21,23,26). The summed E-state index contributed by atoms with van der Waals surface area (Å²) in [5, 5.41) is 1.19. The Bertz CT molecular complexity index is 975. The Morgan fingerprint density at radius 2 is 2.15 bits per heavy atom. The van der Waals surface area contributed by atoms with Crippen LogP contribution in [0.4, 0.5) is 0 Å². The maximum absolute atomic E-state index is 12.7. The zero-order valence-corrected chi connectivity index (χ0v) is 14.6. The number of hydrogen-bond acceptors (Lipinski definition) is 3. The summed E-state index contributed by atoms with van der Waals surface area (Å²) in [6.07, 6.45) is 6.70. The second-order valence-corrected chi connectivity index (χ2v) is 6.87. The van der Waals surface area contributed by atoms with Gasteiger partial charge in [0.1, 0.15) is 0 Å². The van der Waals surface area contributed by atoms with Gasteiger partial charge in [-0.2, -0.15) is 0 Å². The highest BCUT2D eigenvalue weighted by Gasteiger charge is 2.25. The van der Waals surface area contributed by atoms with Gasteiger partial charge in [-0.3, -0.25) is 4.79 Å². The van der Waals surface area contributed by atoms with Gasteiger partial charge >= 0.3 is 5.69 Å². The van der Waals surface area contributed by atoms with E-state index in [-0.39, 0.29) is 17.5 Å². The van der Waals surface area contributed by atoms with Gasteiger partial charge in [0.2, 0.25) is 5.91 Å². The van der Waals surface area contributed by atoms with Gasteiger partial charge in [-0.15, -0.1) is 0 Å². The third kappa shape index (κ3) is 3.40. The third-order valence-corrected chi connectivity index (χ3v) is 5.19. The summed E-state index contributed by atoms with van der Waals surface area (Å²) in [6, 6.07) is 10.00. The van der Waals surface area contributed by atoms with Crippen molar-refractivity contribution in [2.24, 2.45) is 0 Å². The molecule has 134 valence electrons. The summed E-state index contributed by atoms with van der Waals surface area (Å²) in [5.74, 6) is 0.355. The Hall–Kier alpha value is -2.89. The monoisotopic (exact) mass is 350 g/mol. The van der Waals surface area contributed by atoms with Crippen LogP contribution < -0.4 is 5.69 Å². The number of para-hydroxylation sites is 1. The number of rotatable bonds is 4. The minimum atomic E-state index is -0.328. The SMILES string of the molecule is O=C(CCc1c[nH]c2ccccc12)N1CCCC(c2ccnc(=O)[nH]2)C1. The van der Waals surface area contributed by atoms with Crippen molar-refractivity contribution >= 4 is 16.8 Å². The molecule has 1 aliphatic rings. The smallest absolute Gasteiger partial charge is 0.345 e. The molecule has 1 aromatic carbocycles. The molecule has 0 spiro atoms. The average Bonchev–Trinajstić information content (AvgIpc) is 3.09. The van der Waals surface area contributed by atoms with Crippen LogP contribution in [0.2, 0.25) is 0 Å². The summed E-state index contributed by atoms with van der Waals surface area (Å²) >= 11 is 0.